The van der Waals surface area contributed by atoms with E-state index in [2.05, 4.69) is 221 Å². The number of allylic oxidation sites excluding steroid dienone is 36. The molecule has 0 saturated carbocycles. The SMILES string of the molecule is CC/C=C\C/C=C\C/C=C\C/C=C\C/C=C\C/C=C\CCCCCCCCCCC(=O)OCC(O)COP(=O)(O)OCC(O)COP(=O)(O)OCC(COC(=O)CCCCCC/C=C\C/C=C\C/C=C\C/C=C\C/C=C\C/C=C\CC)OC(=O)CC/C=C\C/C=C\C/C=C\C/C=C\C/C=C\C/C=C\CC. The van der Waals surface area contributed by atoms with Crippen molar-refractivity contribution in [3.8, 4) is 0 Å². The Bertz CT molecular complexity index is 2790. The van der Waals surface area contributed by atoms with Gasteiger partial charge in [0.15, 0.2) is 6.10 Å². The molecule has 5 atom stereocenters. The zero-order valence-corrected chi connectivity index (χ0v) is 66.1. The van der Waals surface area contributed by atoms with E-state index < -0.39 is 91.5 Å². The minimum Gasteiger partial charge on any atom is -0.463 e. The Kier molecular flexibility index (Phi) is 73.0. The van der Waals surface area contributed by atoms with Crippen LogP contribution in [0.5, 0.6) is 0 Å². The lowest BCUT2D eigenvalue weighted by molar-refractivity contribution is -0.161. The summed E-state index contributed by atoms with van der Waals surface area (Å²) in [5.74, 6) is -1.73. The second-order valence-corrected chi connectivity index (χ2v) is 27.9. The van der Waals surface area contributed by atoms with Gasteiger partial charge >= 0.3 is 33.6 Å². The van der Waals surface area contributed by atoms with Crippen molar-refractivity contribution in [1.29, 1.82) is 0 Å². The van der Waals surface area contributed by atoms with Crippen molar-refractivity contribution in [2.45, 2.75) is 270 Å². The lowest BCUT2D eigenvalue weighted by Crippen LogP contribution is -2.29. The predicted octanol–water partition coefficient (Wildman–Crippen LogP) is 23.1. The molecule has 105 heavy (non-hydrogen) atoms. The number of aliphatic hydroxyl groups is 2. The van der Waals surface area contributed by atoms with Crippen LogP contribution in [0.25, 0.3) is 0 Å². The molecule has 5 unspecified atom stereocenters. The highest BCUT2D eigenvalue weighted by atomic mass is 31.2. The van der Waals surface area contributed by atoms with Gasteiger partial charge in [-0.3, -0.25) is 32.5 Å². The van der Waals surface area contributed by atoms with Crippen molar-refractivity contribution >= 4 is 33.6 Å². The molecule has 590 valence electrons. The van der Waals surface area contributed by atoms with Gasteiger partial charge in [-0.05, 0) is 161 Å². The van der Waals surface area contributed by atoms with Crippen molar-refractivity contribution in [3.63, 3.8) is 0 Å². The quantitative estimate of drug-likeness (QED) is 0.0146. The predicted molar refractivity (Wildman–Crippen MR) is 435 cm³/mol. The summed E-state index contributed by atoms with van der Waals surface area (Å²) in [4.78, 5) is 58.7. The molecule has 0 heterocycles. The summed E-state index contributed by atoms with van der Waals surface area (Å²) in [7, 11) is -9.85. The Morgan fingerprint density at radius 3 is 0.790 bits per heavy atom. The maximum atomic E-state index is 13.0. The van der Waals surface area contributed by atoms with E-state index in [4.69, 9.17) is 32.3 Å². The molecular weight excluding hydrogens is 1360 g/mol. The van der Waals surface area contributed by atoms with E-state index in [0.717, 1.165) is 167 Å². The number of hydrogen-bond donors (Lipinski definition) is 4. The van der Waals surface area contributed by atoms with Crippen LogP contribution in [0, 0.1) is 0 Å². The molecule has 18 heteroatoms. The van der Waals surface area contributed by atoms with Crippen molar-refractivity contribution < 1.29 is 75.8 Å². The summed E-state index contributed by atoms with van der Waals surface area (Å²) < 4.78 is 61.0. The lowest BCUT2D eigenvalue weighted by Gasteiger charge is -2.21. The Morgan fingerprint density at radius 2 is 0.495 bits per heavy atom. The third-order valence-electron chi connectivity index (χ3n) is 15.2. The molecule has 4 N–H and O–H groups in total. The molecule has 0 aromatic rings. The van der Waals surface area contributed by atoms with Crippen molar-refractivity contribution in [2.24, 2.45) is 0 Å². The van der Waals surface area contributed by atoms with Gasteiger partial charge < -0.3 is 34.2 Å². The molecule has 0 aliphatic carbocycles. The van der Waals surface area contributed by atoms with Crippen LogP contribution in [0.2, 0.25) is 0 Å². The van der Waals surface area contributed by atoms with E-state index in [9.17, 15) is 43.5 Å². The highest BCUT2D eigenvalue weighted by Crippen LogP contribution is 2.45. The molecular formula is C87H136O16P2. The summed E-state index contributed by atoms with van der Waals surface area (Å²) in [5, 5.41) is 20.6. The van der Waals surface area contributed by atoms with E-state index in [1.54, 1.807) is 0 Å². The molecule has 0 rings (SSSR count). The molecule has 16 nitrogen and oxygen atoms in total. The largest absolute Gasteiger partial charge is 0.472 e. The third-order valence-corrected chi connectivity index (χ3v) is 17.1. The Hall–Kier alpha value is -6.13. The van der Waals surface area contributed by atoms with Gasteiger partial charge in [-0.25, -0.2) is 9.13 Å². The number of esters is 3. The van der Waals surface area contributed by atoms with Crippen molar-refractivity contribution in [3.05, 3.63) is 219 Å². The van der Waals surface area contributed by atoms with Crippen molar-refractivity contribution in [1.82, 2.24) is 0 Å². The van der Waals surface area contributed by atoms with Gasteiger partial charge in [-0.2, -0.15) is 0 Å². The van der Waals surface area contributed by atoms with E-state index in [0.29, 0.717) is 25.7 Å². The maximum Gasteiger partial charge on any atom is 0.472 e. The van der Waals surface area contributed by atoms with Gasteiger partial charge in [-0.15, -0.1) is 0 Å². The highest BCUT2D eigenvalue weighted by Gasteiger charge is 2.29. The van der Waals surface area contributed by atoms with Crippen LogP contribution in [-0.2, 0) is 55.8 Å². The second kappa shape index (κ2) is 77.5. The molecule has 0 saturated heterocycles. The molecule has 0 aromatic carbocycles. The monoisotopic (exact) mass is 1500 g/mol. The standard InChI is InChI=1S/C87H136O16P2/c1-4-7-10-13-16-19-22-25-28-31-34-36-38-39-40-41-43-45-47-49-52-55-58-61-64-67-70-73-85(90)97-76-82(88)77-99-104(93,94)100-78-83(89)79-101-105(95,96)102-81-84(103-87(92)75-72-69-66-63-60-57-54-51-46-33-30-27-24-21-18-15-12-9-6-3)80-98-86(91)74-71-68-65-62-59-56-53-50-48-44-42-37-35-32-29-26-23-20-17-14-11-8-5-2/h7-12,16-21,25-30,34-37,39-40,43-46,48,51,53,56-57,60,66,69,82-84,88-89H,4-6,13-15,22-24,31-33,38,41-42,47,49-50,52,54-55,58-59,61-65,67-68,70-81H2,1-3H3,(H,93,94)(H,95,96)/b10-7-,11-8-,12-9-,19-16-,20-17-,21-18-,28-25-,29-26-,30-27-,36-34-,37-35-,40-39-,45-43-,48-44-,51-46-,56-53-,60-57-,69-66-. The number of unbranched alkanes of at least 4 members (excludes halogenated alkanes) is 12. The molecule has 0 aliphatic rings. The number of phosphoric ester groups is 2. The summed E-state index contributed by atoms with van der Waals surface area (Å²) in [6.07, 6.45) is 104. The summed E-state index contributed by atoms with van der Waals surface area (Å²) in [6, 6.07) is 0. The number of hydrogen-bond acceptors (Lipinski definition) is 14. The summed E-state index contributed by atoms with van der Waals surface area (Å²) in [6.45, 7) is 2.17. The highest BCUT2D eigenvalue weighted by molar-refractivity contribution is 7.47. The average molecular weight is 1500 g/mol. The normalized spacial score (nSPS) is 15.2. The number of aliphatic hydroxyl groups excluding tert-OH is 2. The molecule has 0 aliphatic heterocycles. The van der Waals surface area contributed by atoms with Gasteiger partial charge in [0.2, 0.25) is 0 Å². The van der Waals surface area contributed by atoms with Crippen LogP contribution < -0.4 is 0 Å². The fraction of sp³-hybridized carbons (Fsp3) is 0.552. The minimum absolute atomic E-state index is 0.0369. The first kappa shape index (κ1) is 98.9. The summed E-state index contributed by atoms with van der Waals surface area (Å²) in [5.41, 5.74) is 0. The number of carbonyl (C=O) groups is 3. The van der Waals surface area contributed by atoms with Crippen molar-refractivity contribution in [2.75, 3.05) is 39.6 Å². The van der Waals surface area contributed by atoms with Crippen LogP contribution in [-0.4, -0.2) is 95.9 Å². The van der Waals surface area contributed by atoms with Crippen LogP contribution in [0.4, 0.5) is 0 Å². The van der Waals surface area contributed by atoms with Gasteiger partial charge in [0, 0.05) is 19.3 Å². The molecule has 0 bridgehead atoms. The second-order valence-electron chi connectivity index (χ2n) is 25.0. The van der Waals surface area contributed by atoms with Gasteiger partial charge in [0.05, 0.1) is 26.4 Å². The smallest absolute Gasteiger partial charge is 0.463 e. The van der Waals surface area contributed by atoms with E-state index >= 15 is 0 Å². The lowest BCUT2D eigenvalue weighted by atomic mass is 10.1. The van der Waals surface area contributed by atoms with Crippen LogP contribution in [0.15, 0.2) is 219 Å². The minimum atomic E-state index is -4.97. The first-order chi connectivity index (χ1) is 51.2. The van der Waals surface area contributed by atoms with Gasteiger partial charge in [0.1, 0.15) is 25.4 Å². The number of rotatable bonds is 71. The van der Waals surface area contributed by atoms with Crippen LogP contribution >= 0.6 is 15.6 Å². The van der Waals surface area contributed by atoms with Gasteiger partial charge in [-0.1, -0.05) is 291 Å². The third kappa shape index (κ3) is 78.8. The first-order valence-corrected chi connectivity index (χ1v) is 42.0. The molecule has 0 spiro atoms. The number of phosphoric acid groups is 2. The van der Waals surface area contributed by atoms with E-state index in [1.807, 2.05) is 18.2 Å². The number of carbonyl (C=O) groups excluding carboxylic acids is 3. The van der Waals surface area contributed by atoms with E-state index in [1.165, 1.54) is 19.3 Å². The fourth-order valence-corrected chi connectivity index (χ4v) is 11.0. The van der Waals surface area contributed by atoms with Crippen LogP contribution in [0.1, 0.15) is 252 Å². The molecule has 0 amide bonds. The zero-order valence-electron chi connectivity index (χ0n) is 64.3. The molecule has 0 radical (unpaired) electrons. The van der Waals surface area contributed by atoms with Gasteiger partial charge in [0.25, 0.3) is 0 Å². The maximum absolute atomic E-state index is 13.0. The fourth-order valence-electron chi connectivity index (χ4n) is 9.37. The number of ether oxygens (including phenoxy) is 3. The topological polar surface area (TPSA) is 231 Å². The van der Waals surface area contributed by atoms with Crippen LogP contribution in [0.3, 0.4) is 0 Å². The zero-order chi connectivity index (χ0) is 76.6. The Morgan fingerprint density at radius 1 is 0.267 bits per heavy atom. The molecule has 0 aromatic heterocycles. The average Bonchev–Trinajstić information content (AvgIpc) is 0.941. The Labute approximate surface area is 634 Å². The molecule has 0 fully saturated rings. The Balaban J connectivity index is 4.76. The van der Waals surface area contributed by atoms with E-state index in [-0.39, 0.29) is 19.3 Å². The first-order valence-electron chi connectivity index (χ1n) is 39.0. The summed E-state index contributed by atoms with van der Waals surface area (Å²) >= 11 is 0.